The summed E-state index contributed by atoms with van der Waals surface area (Å²) in [5.74, 6) is -1.13. The van der Waals surface area contributed by atoms with Crippen molar-refractivity contribution in [3.8, 4) is 28.3 Å². The fourth-order valence-electron chi connectivity index (χ4n) is 4.16. The van der Waals surface area contributed by atoms with Crippen molar-refractivity contribution in [2.24, 2.45) is 12.5 Å². The van der Waals surface area contributed by atoms with Crippen molar-refractivity contribution in [3.05, 3.63) is 92.3 Å². The molecule has 42 heavy (non-hydrogen) atoms. The van der Waals surface area contributed by atoms with Crippen LogP contribution < -0.4 is 20.9 Å². The van der Waals surface area contributed by atoms with Crippen LogP contribution in [0.3, 0.4) is 0 Å². The largest absolute Gasteiger partial charge is 0.481 e. The molecule has 0 aliphatic carbocycles. The average molecular weight is 610 g/mol. The molecule has 0 fully saturated rings. The van der Waals surface area contributed by atoms with Crippen molar-refractivity contribution in [2.45, 2.75) is 20.4 Å². The van der Waals surface area contributed by atoms with Gasteiger partial charge in [0.05, 0.1) is 34.0 Å². The first-order valence-electron chi connectivity index (χ1n) is 12.8. The molecule has 0 saturated carbocycles. The van der Waals surface area contributed by atoms with Gasteiger partial charge in [0.15, 0.2) is 0 Å². The van der Waals surface area contributed by atoms with Gasteiger partial charge < -0.3 is 20.5 Å². The molecule has 0 aliphatic heterocycles. The summed E-state index contributed by atoms with van der Waals surface area (Å²) in [5, 5.41) is 19.6. The van der Waals surface area contributed by atoms with Crippen LogP contribution in [0.15, 0.2) is 65.6 Å². The zero-order valence-corrected chi connectivity index (χ0v) is 24.9. The second-order valence-electron chi connectivity index (χ2n) is 10.1. The number of aromatic nitrogens is 3. The summed E-state index contributed by atoms with van der Waals surface area (Å²) >= 11 is 13.6. The van der Waals surface area contributed by atoms with Crippen molar-refractivity contribution in [1.82, 2.24) is 20.1 Å². The molecule has 0 bridgehead atoms. The highest BCUT2D eigenvalue weighted by Gasteiger charge is 2.26. The van der Waals surface area contributed by atoms with Gasteiger partial charge in [0.2, 0.25) is 5.88 Å². The number of methoxy groups -OCH3 is 1. The summed E-state index contributed by atoms with van der Waals surface area (Å²) in [6, 6.07) is 15.6. The van der Waals surface area contributed by atoms with E-state index in [-0.39, 0.29) is 17.1 Å². The third kappa shape index (κ3) is 6.46. The molecule has 4 aromatic rings. The molecule has 10 nitrogen and oxygen atoms in total. The second kappa shape index (κ2) is 12.7. The molecule has 4 rings (SSSR count). The number of halogens is 2. The van der Waals surface area contributed by atoms with Gasteiger partial charge in [-0.05, 0) is 32.0 Å². The van der Waals surface area contributed by atoms with Crippen LogP contribution in [-0.2, 0) is 18.4 Å². The quantitative estimate of drug-likeness (QED) is 0.221. The van der Waals surface area contributed by atoms with Crippen LogP contribution in [0.1, 0.15) is 29.8 Å². The van der Waals surface area contributed by atoms with Crippen LogP contribution in [-0.4, -0.2) is 45.4 Å². The predicted molar refractivity (Wildman–Crippen MR) is 162 cm³/mol. The Balaban J connectivity index is 1.62. The lowest BCUT2D eigenvalue weighted by Crippen LogP contribution is -2.35. The summed E-state index contributed by atoms with van der Waals surface area (Å²) < 4.78 is 6.59. The lowest BCUT2D eigenvalue weighted by Gasteiger charge is -2.20. The van der Waals surface area contributed by atoms with Crippen LogP contribution in [0, 0.1) is 5.41 Å². The molecule has 3 N–H and O–H groups in total. The van der Waals surface area contributed by atoms with Gasteiger partial charge in [-0.1, -0.05) is 59.6 Å². The van der Waals surface area contributed by atoms with Gasteiger partial charge in [-0.3, -0.25) is 14.4 Å². The Labute approximate surface area is 252 Å². The summed E-state index contributed by atoms with van der Waals surface area (Å²) in [4.78, 5) is 41.2. The van der Waals surface area contributed by atoms with E-state index in [4.69, 9.17) is 27.9 Å². The van der Waals surface area contributed by atoms with E-state index in [2.05, 4.69) is 20.7 Å². The number of ether oxygens (including phenoxy) is 1. The molecule has 0 radical (unpaired) electrons. The number of carbonyl (C=O) groups is 2. The molecule has 0 unspecified atom stereocenters. The van der Waals surface area contributed by atoms with Crippen LogP contribution >= 0.6 is 23.2 Å². The highest BCUT2D eigenvalue weighted by atomic mass is 35.5. The number of carbonyl (C=O) groups excluding carboxylic acids is 1. The number of pyridine rings is 1. The van der Waals surface area contributed by atoms with Crippen LogP contribution in [0.4, 0.5) is 5.69 Å². The Morgan fingerprint density at radius 2 is 1.67 bits per heavy atom. The topological polar surface area (TPSA) is 135 Å². The Hall–Kier alpha value is -4.25. The zero-order valence-electron chi connectivity index (χ0n) is 23.4. The number of hydrogen-bond acceptors (Lipinski definition) is 7. The van der Waals surface area contributed by atoms with E-state index in [1.807, 2.05) is 18.2 Å². The van der Waals surface area contributed by atoms with Crippen molar-refractivity contribution in [3.63, 3.8) is 0 Å². The average Bonchev–Trinajstić information content (AvgIpc) is 2.96. The number of nitrogens with one attached hydrogen (secondary N) is 2. The first-order chi connectivity index (χ1) is 19.9. The van der Waals surface area contributed by atoms with Gasteiger partial charge in [-0.15, -0.1) is 0 Å². The molecule has 0 saturated heterocycles. The summed E-state index contributed by atoms with van der Waals surface area (Å²) in [5.41, 5.74) is 1.89. The minimum atomic E-state index is -0.925. The number of benzene rings is 2. The third-order valence-corrected chi connectivity index (χ3v) is 7.47. The van der Waals surface area contributed by atoms with Crippen LogP contribution in [0.5, 0.6) is 5.88 Å². The molecule has 2 aromatic carbocycles. The highest BCUT2D eigenvalue weighted by Crippen LogP contribution is 2.41. The minimum absolute atomic E-state index is 0.0711. The minimum Gasteiger partial charge on any atom is -0.481 e. The molecule has 0 spiro atoms. The number of anilines is 1. The standard InChI is InChI=1S/C30H29Cl2N5O5/c1-30(2,29(40)41)16-33-15-17-11-12-22(36-27(17)42-4)20-9-5-7-18(24(20)31)19-8-6-10-23(25(19)32)35-26(38)21-13-14-34-37(3)28(21)39/h5-14,33H,15-16H2,1-4H3,(H,35,38)(H,40,41). The third-order valence-electron chi connectivity index (χ3n) is 6.66. The van der Waals surface area contributed by atoms with E-state index in [0.717, 1.165) is 10.2 Å². The first-order valence-corrected chi connectivity index (χ1v) is 13.6. The van der Waals surface area contributed by atoms with E-state index in [1.54, 1.807) is 44.2 Å². The van der Waals surface area contributed by atoms with Gasteiger partial charge in [0.1, 0.15) is 5.56 Å². The Morgan fingerprint density at radius 1 is 1.00 bits per heavy atom. The van der Waals surface area contributed by atoms with Gasteiger partial charge in [-0.25, -0.2) is 9.67 Å². The monoisotopic (exact) mass is 609 g/mol. The highest BCUT2D eigenvalue weighted by molar-refractivity contribution is 6.39. The van der Waals surface area contributed by atoms with Gasteiger partial charge >= 0.3 is 5.97 Å². The number of aliphatic carboxylic acids is 1. The molecule has 218 valence electrons. The van der Waals surface area contributed by atoms with E-state index in [1.165, 1.54) is 26.4 Å². The summed E-state index contributed by atoms with van der Waals surface area (Å²) in [6.45, 7) is 3.92. The maximum Gasteiger partial charge on any atom is 0.310 e. The number of hydrogen-bond donors (Lipinski definition) is 3. The fourth-order valence-corrected chi connectivity index (χ4v) is 4.76. The first kappa shape index (κ1) is 30.7. The second-order valence-corrected chi connectivity index (χ2v) is 10.9. The summed E-state index contributed by atoms with van der Waals surface area (Å²) in [7, 11) is 2.97. The Bertz CT molecular complexity index is 1720. The molecular formula is C30H29Cl2N5O5. The Kier molecular flexibility index (Phi) is 9.30. The van der Waals surface area contributed by atoms with Crippen molar-refractivity contribution in [2.75, 3.05) is 19.0 Å². The molecule has 0 atom stereocenters. The van der Waals surface area contributed by atoms with Crippen LogP contribution in [0.2, 0.25) is 10.0 Å². The molecule has 2 heterocycles. The van der Waals surface area contributed by atoms with Gasteiger partial charge in [-0.2, -0.15) is 5.10 Å². The number of carboxylic acid groups (broad SMARTS) is 1. The smallest absolute Gasteiger partial charge is 0.310 e. The molecule has 12 heteroatoms. The van der Waals surface area contributed by atoms with Gasteiger partial charge in [0.25, 0.3) is 11.5 Å². The van der Waals surface area contributed by atoms with Gasteiger partial charge in [0, 0.05) is 48.6 Å². The van der Waals surface area contributed by atoms with Crippen molar-refractivity contribution < 1.29 is 19.4 Å². The van der Waals surface area contributed by atoms with E-state index in [0.29, 0.717) is 45.5 Å². The van der Waals surface area contributed by atoms with Crippen molar-refractivity contribution in [1.29, 1.82) is 0 Å². The van der Waals surface area contributed by atoms with E-state index >= 15 is 0 Å². The number of carboxylic acids is 1. The zero-order chi connectivity index (χ0) is 30.6. The molecular weight excluding hydrogens is 581 g/mol. The number of aryl methyl sites for hydroxylation is 1. The normalized spacial score (nSPS) is 11.3. The van der Waals surface area contributed by atoms with E-state index in [9.17, 15) is 19.5 Å². The van der Waals surface area contributed by atoms with Crippen LogP contribution in [0.25, 0.3) is 22.4 Å². The molecule has 0 aliphatic rings. The number of amides is 1. The maximum absolute atomic E-state index is 12.8. The summed E-state index contributed by atoms with van der Waals surface area (Å²) in [6.07, 6.45) is 1.37. The fraction of sp³-hybridized carbons (Fsp3) is 0.233. The lowest BCUT2D eigenvalue weighted by atomic mass is 9.94. The maximum atomic E-state index is 12.8. The number of rotatable bonds is 10. The molecule has 2 aromatic heterocycles. The van der Waals surface area contributed by atoms with E-state index < -0.39 is 22.9 Å². The Morgan fingerprint density at radius 3 is 2.36 bits per heavy atom. The number of nitrogens with zero attached hydrogens (tertiary/aromatic N) is 3. The predicted octanol–water partition coefficient (Wildman–Crippen LogP) is 5.28. The lowest BCUT2D eigenvalue weighted by molar-refractivity contribution is -0.146. The molecule has 1 amide bonds. The van der Waals surface area contributed by atoms with Crippen molar-refractivity contribution >= 4 is 40.8 Å². The SMILES string of the molecule is COc1nc(-c2cccc(-c3cccc(NC(=O)c4ccnn(C)c4=O)c3Cl)c2Cl)ccc1CNCC(C)(C)C(=O)O.